The highest BCUT2D eigenvalue weighted by Gasteiger charge is 2.50. The van der Waals surface area contributed by atoms with E-state index < -0.39 is 11.8 Å². The first kappa shape index (κ1) is 23.0. The monoisotopic (exact) mass is 485 g/mol. The fraction of sp³-hybridized carbons (Fsp3) is 0.500. The van der Waals surface area contributed by atoms with Gasteiger partial charge in [0.25, 0.3) is 5.91 Å². The van der Waals surface area contributed by atoms with Crippen molar-refractivity contribution < 1.29 is 19.4 Å². The van der Waals surface area contributed by atoms with Crippen LogP contribution in [0.2, 0.25) is 5.02 Å². The number of hydrogen-bond donors (Lipinski definition) is 3. The minimum Gasteiger partial charge on any atom is -0.381 e. The molecule has 0 spiro atoms. The number of rotatable bonds is 5. The van der Waals surface area contributed by atoms with Crippen LogP contribution in [0.3, 0.4) is 0 Å². The standard InChI is InChI=1S/C24H28ClN5O4/c1-14(31)27-20-3-2-8-24(20,33)30-13-16-5-4-15(11-18(16)22(30)32)21-19(25)12-26-23(29-21)28-17-6-9-34-10-7-17/h4-5,11-12,17,20,33H,2-3,6-10,13H2,1H3,(H,27,31)(H,26,28,29). The third-order valence-corrected chi connectivity index (χ3v) is 7.20. The number of anilines is 1. The zero-order valence-electron chi connectivity index (χ0n) is 19.0. The lowest BCUT2D eigenvalue weighted by atomic mass is 10.0. The van der Waals surface area contributed by atoms with Crippen molar-refractivity contribution in [3.05, 3.63) is 40.5 Å². The Balaban J connectivity index is 1.40. The number of fused-ring (bicyclic) bond motifs is 1. The van der Waals surface area contributed by atoms with Crippen molar-refractivity contribution in [1.29, 1.82) is 0 Å². The topological polar surface area (TPSA) is 117 Å². The molecule has 1 aliphatic carbocycles. The molecule has 0 bridgehead atoms. The van der Waals surface area contributed by atoms with Gasteiger partial charge in [0.1, 0.15) is 0 Å². The van der Waals surface area contributed by atoms with Crippen LogP contribution in [0.1, 0.15) is 54.9 Å². The molecule has 1 saturated carbocycles. The largest absolute Gasteiger partial charge is 0.381 e. The summed E-state index contributed by atoms with van der Waals surface area (Å²) in [6.45, 7) is 3.12. The predicted octanol–water partition coefficient (Wildman–Crippen LogP) is 2.72. The number of carbonyl (C=O) groups is 2. The Morgan fingerprint density at radius 1 is 1.29 bits per heavy atom. The lowest BCUT2D eigenvalue weighted by molar-refractivity contribution is -0.128. The molecule has 2 amide bonds. The smallest absolute Gasteiger partial charge is 0.256 e. The van der Waals surface area contributed by atoms with Crippen molar-refractivity contribution in [2.24, 2.45) is 0 Å². The average Bonchev–Trinajstić information content (AvgIpc) is 3.35. The summed E-state index contributed by atoms with van der Waals surface area (Å²) in [7, 11) is 0. The number of hydrogen-bond acceptors (Lipinski definition) is 7. The summed E-state index contributed by atoms with van der Waals surface area (Å²) >= 11 is 6.43. The lowest BCUT2D eigenvalue weighted by Gasteiger charge is -2.38. The molecule has 3 N–H and O–H groups in total. The Bertz CT molecular complexity index is 1120. The van der Waals surface area contributed by atoms with Gasteiger partial charge in [-0.15, -0.1) is 0 Å². The molecule has 2 aromatic rings. The highest BCUT2D eigenvalue weighted by molar-refractivity contribution is 6.33. The zero-order valence-corrected chi connectivity index (χ0v) is 19.8. The van der Waals surface area contributed by atoms with E-state index in [4.69, 9.17) is 16.3 Å². The Morgan fingerprint density at radius 3 is 2.85 bits per heavy atom. The highest BCUT2D eigenvalue weighted by atomic mass is 35.5. The number of nitrogens with zero attached hydrogens (tertiary/aromatic N) is 3. The van der Waals surface area contributed by atoms with E-state index in [9.17, 15) is 14.7 Å². The Hall–Kier alpha value is -2.75. The van der Waals surface area contributed by atoms with Gasteiger partial charge in [0.05, 0.1) is 23.0 Å². The summed E-state index contributed by atoms with van der Waals surface area (Å²) in [5, 5.41) is 17.9. The van der Waals surface area contributed by atoms with Crippen molar-refractivity contribution in [3.63, 3.8) is 0 Å². The van der Waals surface area contributed by atoms with Crippen LogP contribution in [0.4, 0.5) is 5.95 Å². The molecule has 180 valence electrons. The quantitative estimate of drug-likeness (QED) is 0.596. The second kappa shape index (κ2) is 9.13. The number of carbonyl (C=O) groups excluding carboxylic acids is 2. The maximum atomic E-state index is 13.4. The molecule has 5 rings (SSSR count). The number of nitrogens with one attached hydrogen (secondary N) is 2. The van der Waals surface area contributed by atoms with Gasteiger partial charge in [-0.25, -0.2) is 9.97 Å². The molecule has 34 heavy (non-hydrogen) atoms. The van der Waals surface area contributed by atoms with E-state index in [0.717, 1.165) is 24.8 Å². The van der Waals surface area contributed by atoms with Gasteiger partial charge < -0.3 is 25.4 Å². The van der Waals surface area contributed by atoms with Crippen molar-refractivity contribution in [2.45, 2.75) is 63.4 Å². The maximum absolute atomic E-state index is 13.4. The van der Waals surface area contributed by atoms with Crippen molar-refractivity contribution >= 4 is 29.4 Å². The summed E-state index contributed by atoms with van der Waals surface area (Å²) in [5.74, 6) is 0.000780. The second-order valence-corrected chi connectivity index (χ2v) is 9.62. The second-order valence-electron chi connectivity index (χ2n) is 9.21. The van der Waals surface area contributed by atoms with Gasteiger partial charge in [-0.3, -0.25) is 9.59 Å². The predicted molar refractivity (Wildman–Crippen MR) is 126 cm³/mol. The molecule has 10 heteroatoms. The molecule has 0 radical (unpaired) electrons. The van der Waals surface area contributed by atoms with Crippen LogP contribution in [0.5, 0.6) is 0 Å². The third-order valence-electron chi connectivity index (χ3n) is 6.93. The molecule has 1 saturated heterocycles. The van der Waals surface area contributed by atoms with Gasteiger partial charge in [0.2, 0.25) is 11.9 Å². The van der Waals surface area contributed by atoms with E-state index in [1.54, 1.807) is 12.3 Å². The number of ether oxygens (including phenoxy) is 1. The van der Waals surface area contributed by atoms with Gasteiger partial charge in [0.15, 0.2) is 5.72 Å². The molecule has 2 atom stereocenters. The Kier molecular flexibility index (Phi) is 6.18. The van der Waals surface area contributed by atoms with Crippen molar-refractivity contribution in [3.8, 4) is 11.3 Å². The Labute approximate surface area is 202 Å². The number of halogens is 1. The zero-order chi connectivity index (χ0) is 23.9. The summed E-state index contributed by atoms with van der Waals surface area (Å²) in [6, 6.07) is 5.28. The first-order valence-corrected chi connectivity index (χ1v) is 12.0. The normalized spacial score (nSPS) is 24.9. The molecule has 1 aromatic carbocycles. The lowest BCUT2D eigenvalue weighted by Crippen LogP contribution is -2.59. The van der Waals surface area contributed by atoms with Gasteiger partial charge in [0, 0.05) is 43.9 Å². The van der Waals surface area contributed by atoms with Gasteiger partial charge in [-0.2, -0.15) is 0 Å². The highest BCUT2D eigenvalue weighted by Crippen LogP contribution is 2.40. The number of aliphatic hydroxyl groups is 1. The van der Waals surface area contributed by atoms with Crippen molar-refractivity contribution in [2.75, 3.05) is 18.5 Å². The molecule has 9 nitrogen and oxygen atoms in total. The van der Waals surface area contributed by atoms with E-state index in [1.165, 1.54) is 11.8 Å². The van der Waals surface area contributed by atoms with Crippen LogP contribution in [0, 0.1) is 0 Å². The molecule has 1 aromatic heterocycles. The van der Waals surface area contributed by atoms with Crippen LogP contribution >= 0.6 is 11.6 Å². The summed E-state index contributed by atoms with van der Waals surface area (Å²) < 4.78 is 5.40. The summed E-state index contributed by atoms with van der Waals surface area (Å²) in [5.41, 5.74) is 1.16. The van der Waals surface area contributed by atoms with Gasteiger partial charge in [-0.1, -0.05) is 23.7 Å². The van der Waals surface area contributed by atoms with E-state index in [1.807, 2.05) is 12.1 Å². The maximum Gasteiger partial charge on any atom is 0.256 e. The van der Waals surface area contributed by atoms with Crippen LogP contribution in [0.15, 0.2) is 24.4 Å². The SMILES string of the molecule is CC(=O)NC1CCCC1(O)N1Cc2ccc(-c3nc(NC4CCOCC4)ncc3Cl)cc2C1=O. The van der Waals surface area contributed by atoms with E-state index in [2.05, 4.69) is 20.6 Å². The average molecular weight is 486 g/mol. The fourth-order valence-corrected chi connectivity index (χ4v) is 5.35. The van der Waals surface area contributed by atoms with Crippen LogP contribution in [-0.4, -0.2) is 62.8 Å². The first-order chi connectivity index (χ1) is 16.3. The fourth-order valence-electron chi connectivity index (χ4n) is 5.15. The first-order valence-electron chi connectivity index (χ1n) is 11.7. The molecule has 3 aliphatic rings. The molecular formula is C24H28ClN5O4. The molecule has 3 heterocycles. The number of amides is 2. The van der Waals surface area contributed by atoms with Gasteiger partial charge >= 0.3 is 0 Å². The minimum absolute atomic E-state index is 0.222. The number of benzene rings is 1. The Morgan fingerprint density at radius 2 is 2.09 bits per heavy atom. The van der Waals surface area contributed by atoms with Gasteiger partial charge in [-0.05, 0) is 43.7 Å². The summed E-state index contributed by atoms with van der Waals surface area (Å²) in [4.78, 5) is 35.4. The van der Waals surface area contributed by atoms with E-state index in [-0.39, 0.29) is 24.4 Å². The number of aromatic nitrogens is 2. The molecular weight excluding hydrogens is 458 g/mol. The van der Waals surface area contributed by atoms with Crippen molar-refractivity contribution in [1.82, 2.24) is 20.2 Å². The van der Waals surface area contributed by atoms with Crippen LogP contribution in [-0.2, 0) is 16.1 Å². The minimum atomic E-state index is -1.41. The third kappa shape index (κ3) is 4.23. The van der Waals surface area contributed by atoms with Crippen LogP contribution in [0.25, 0.3) is 11.3 Å². The molecule has 2 fully saturated rings. The summed E-state index contributed by atoms with van der Waals surface area (Å²) in [6.07, 6.45) is 5.10. The molecule has 2 aliphatic heterocycles. The van der Waals surface area contributed by atoms with E-state index >= 15 is 0 Å². The molecule has 2 unspecified atom stereocenters. The van der Waals surface area contributed by atoms with E-state index in [0.29, 0.717) is 53.8 Å². The van der Waals surface area contributed by atoms with Crippen LogP contribution < -0.4 is 10.6 Å².